The third-order valence-electron chi connectivity index (χ3n) is 4.68. The fraction of sp³-hybridized carbons (Fsp3) is 0.350. The number of rotatable bonds is 6. The Kier molecular flexibility index (Phi) is 5.43. The molecule has 2 aromatic carbocycles. The van der Waals surface area contributed by atoms with Gasteiger partial charge in [-0.25, -0.2) is 0 Å². The Morgan fingerprint density at radius 3 is 2.17 bits per heavy atom. The molecule has 1 aliphatic rings. The van der Waals surface area contributed by atoms with Gasteiger partial charge in [0.15, 0.2) is 0 Å². The van der Waals surface area contributed by atoms with Crippen LogP contribution in [-0.2, 0) is 11.2 Å². The van der Waals surface area contributed by atoms with E-state index < -0.39 is 0 Å². The molecule has 3 rings (SSSR count). The highest BCUT2D eigenvalue weighted by molar-refractivity contribution is 5.75. The van der Waals surface area contributed by atoms with Gasteiger partial charge in [-0.05, 0) is 37.0 Å². The summed E-state index contributed by atoms with van der Waals surface area (Å²) in [4.78, 5) is 15.9. The van der Waals surface area contributed by atoms with Crippen LogP contribution in [0, 0.1) is 0 Å². The molecular formula is C20H24N2O. The van der Waals surface area contributed by atoms with Crippen molar-refractivity contribution in [1.29, 1.82) is 0 Å². The minimum atomic E-state index is 0.322. The number of hydrogen-bond acceptors (Lipinski definition) is 2. The number of likely N-dealkylation sites (tertiary alicyclic amines) is 1. The summed E-state index contributed by atoms with van der Waals surface area (Å²) < 4.78 is 0. The van der Waals surface area contributed by atoms with Crippen molar-refractivity contribution in [3.05, 3.63) is 66.2 Å². The summed E-state index contributed by atoms with van der Waals surface area (Å²) in [6, 6.07) is 20.9. The maximum absolute atomic E-state index is 11.5. The van der Waals surface area contributed by atoms with Crippen LogP contribution < -0.4 is 4.90 Å². The van der Waals surface area contributed by atoms with Crippen LogP contribution in [0.15, 0.2) is 60.7 Å². The van der Waals surface area contributed by atoms with Crippen LogP contribution in [-0.4, -0.2) is 37.0 Å². The standard InChI is InChI=1S/C20H24N2O/c23-17-22(19-9-5-2-6-10-19)20-12-15-21(16-13-20)14-11-18-7-3-1-4-8-18/h1-10,17,20H,11-16H2. The fourth-order valence-corrected chi connectivity index (χ4v) is 3.31. The van der Waals surface area contributed by atoms with Crippen LogP contribution in [0.2, 0.25) is 0 Å². The lowest BCUT2D eigenvalue weighted by Gasteiger charge is -2.36. The molecule has 120 valence electrons. The molecule has 0 spiro atoms. The number of anilines is 1. The molecule has 0 unspecified atom stereocenters. The summed E-state index contributed by atoms with van der Waals surface area (Å²) in [5.41, 5.74) is 2.40. The number of carbonyl (C=O) groups excluding carboxylic acids is 1. The first kappa shape index (κ1) is 15.8. The Hall–Kier alpha value is -2.13. The van der Waals surface area contributed by atoms with Crippen molar-refractivity contribution in [2.24, 2.45) is 0 Å². The summed E-state index contributed by atoms with van der Waals surface area (Å²) in [5, 5.41) is 0. The zero-order valence-corrected chi connectivity index (χ0v) is 13.5. The maximum atomic E-state index is 11.5. The molecule has 1 saturated heterocycles. The monoisotopic (exact) mass is 308 g/mol. The van der Waals surface area contributed by atoms with Crippen molar-refractivity contribution in [3.63, 3.8) is 0 Å². The summed E-state index contributed by atoms with van der Waals surface area (Å²) in [6.07, 6.45) is 4.17. The Bertz CT molecular complexity index is 592. The quantitative estimate of drug-likeness (QED) is 0.764. The van der Waals surface area contributed by atoms with Gasteiger partial charge in [-0.2, -0.15) is 0 Å². The number of nitrogens with zero attached hydrogens (tertiary/aromatic N) is 2. The average Bonchev–Trinajstić information content (AvgIpc) is 2.63. The molecule has 3 nitrogen and oxygen atoms in total. The molecule has 0 aromatic heterocycles. The van der Waals surface area contributed by atoms with Crippen LogP contribution in [0.5, 0.6) is 0 Å². The molecule has 0 radical (unpaired) electrons. The van der Waals surface area contributed by atoms with Gasteiger partial charge in [-0.15, -0.1) is 0 Å². The Morgan fingerprint density at radius 2 is 1.57 bits per heavy atom. The first-order valence-corrected chi connectivity index (χ1v) is 8.42. The van der Waals surface area contributed by atoms with E-state index in [1.54, 1.807) is 0 Å². The number of carbonyl (C=O) groups is 1. The molecule has 2 aromatic rings. The Balaban J connectivity index is 1.50. The maximum Gasteiger partial charge on any atom is 0.214 e. The van der Waals surface area contributed by atoms with Crippen molar-refractivity contribution in [2.45, 2.75) is 25.3 Å². The average molecular weight is 308 g/mol. The second-order valence-corrected chi connectivity index (χ2v) is 6.16. The van der Waals surface area contributed by atoms with Gasteiger partial charge in [0.1, 0.15) is 0 Å². The molecular weight excluding hydrogens is 284 g/mol. The lowest BCUT2D eigenvalue weighted by Crippen LogP contribution is -2.45. The highest BCUT2D eigenvalue weighted by Gasteiger charge is 2.24. The minimum Gasteiger partial charge on any atom is -0.312 e. The Morgan fingerprint density at radius 1 is 0.957 bits per heavy atom. The molecule has 0 N–H and O–H groups in total. The number of para-hydroxylation sites is 1. The molecule has 0 bridgehead atoms. The van der Waals surface area contributed by atoms with Gasteiger partial charge in [0.05, 0.1) is 0 Å². The summed E-state index contributed by atoms with van der Waals surface area (Å²) >= 11 is 0. The third kappa shape index (κ3) is 4.20. The van der Waals surface area contributed by atoms with Gasteiger partial charge in [0.25, 0.3) is 0 Å². The van der Waals surface area contributed by atoms with E-state index in [2.05, 4.69) is 35.2 Å². The van der Waals surface area contributed by atoms with E-state index in [9.17, 15) is 4.79 Å². The topological polar surface area (TPSA) is 23.6 Å². The molecule has 1 heterocycles. The van der Waals surface area contributed by atoms with Gasteiger partial charge < -0.3 is 9.80 Å². The molecule has 1 aliphatic heterocycles. The van der Waals surface area contributed by atoms with E-state index in [1.807, 2.05) is 35.2 Å². The van der Waals surface area contributed by atoms with Gasteiger partial charge in [0.2, 0.25) is 6.41 Å². The van der Waals surface area contributed by atoms with Crippen LogP contribution in [0.4, 0.5) is 5.69 Å². The van der Waals surface area contributed by atoms with E-state index in [1.165, 1.54) is 5.56 Å². The van der Waals surface area contributed by atoms with Gasteiger partial charge >= 0.3 is 0 Å². The molecule has 3 heteroatoms. The van der Waals surface area contributed by atoms with Crippen molar-refractivity contribution in [1.82, 2.24) is 4.90 Å². The predicted molar refractivity (Wildman–Crippen MR) is 94.6 cm³/mol. The first-order chi connectivity index (χ1) is 11.4. The van der Waals surface area contributed by atoms with Crippen molar-refractivity contribution in [3.8, 4) is 0 Å². The second-order valence-electron chi connectivity index (χ2n) is 6.16. The third-order valence-corrected chi connectivity index (χ3v) is 4.68. The highest BCUT2D eigenvalue weighted by atomic mass is 16.1. The molecule has 1 amide bonds. The minimum absolute atomic E-state index is 0.322. The van der Waals surface area contributed by atoms with Crippen LogP contribution in [0.3, 0.4) is 0 Å². The fourth-order valence-electron chi connectivity index (χ4n) is 3.31. The van der Waals surface area contributed by atoms with E-state index in [0.717, 1.165) is 51.0 Å². The normalized spacial score (nSPS) is 16.2. The zero-order chi connectivity index (χ0) is 15.9. The second kappa shape index (κ2) is 7.93. The van der Waals surface area contributed by atoms with E-state index in [-0.39, 0.29) is 0 Å². The van der Waals surface area contributed by atoms with Crippen molar-refractivity contribution in [2.75, 3.05) is 24.5 Å². The van der Waals surface area contributed by atoms with Crippen LogP contribution in [0.1, 0.15) is 18.4 Å². The molecule has 23 heavy (non-hydrogen) atoms. The molecule has 1 fully saturated rings. The molecule has 0 saturated carbocycles. The van der Waals surface area contributed by atoms with Crippen LogP contribution in [0.25, 0.3) is 0 Å². The number of benzene rings is 2. The smallest absolute Gasteiger partial charge is 0.214 e. The zero-order valence-electron chi connectivity index (χ0n) is 13.5. The van der Waals surface area contributed by atoms with E-state index >= 15 is 0 Å². The van der Waals surface area contributed by atoms with Gasteiger partial charge in [0, 0.05) is 31.4 Å². The van der Waals surface area contributed by atoms with Crippen LogP contribution >= 0.6 is 0 Å². The number of amides is 1. The largest absolute Gasteiger partial charge is 0.312 e. The summed E-state index contributed by atoms with van der Waals surface area (Å²) in [6.45, 7) is 3.23. The molecule has 0 atom stereocenters. The highest BCUT2D eigenvalue weighted by Crippen LogP contribution is 2.22. The van der Waals surface area contributed by atoms with Crippen molar-refractivity contribution >= 4 is 12.1 Å². The number of hydrogen-bond donors (Lipinski definition) is 0. The lowest BCUT2D eigenvalue weighted by atomic mass is 10.0. The van der Waals surface area contributed by atoms with Gasteiger partial charge in [-0.1, -0.05) is 48.5 Å². The summed E-state index contributed by atoms with van der Waals surface area (Å²) in [5.74, 6) is 0. The predicted octanol–water partition coefficient (Wildman–Crippen LogP) is 3.36. The SMILES string of the molecule is O=CN(c1ccccc1)C1CCN(CCc2ccccc2)CC1. The van der Waals surface area contributed by atoms with Gasteiger partial charge in [-0.3, -0.25) is 4.79 Å². The Labute approximate surface area is 138 Å². The summed E-state index contributed by atoms with van der Waals surface area (Å²) in [7, 11) is 0. The lowest BCUT2D eigenvalue weighted by molar-refractivity contribution is -0.108. The van der Waals surface area contributed by atoms with E-state index in [4.69, 9.17) is 0 Å². The van der Waals surface area contributed by atoms with Crippen molar-refractivity contribution < 1.29 is 4.79 Å². The number of piperidine rings is 1. The first-order valence-electron chi connectivity index (χ1n) is 8.42. The molecule has 0 aliphatic carbocycles. The van der Waals surface area contributed by atoms with E-state index in [0.29, 0.717) is 6.04 Å².